The molecule has 1 atom stereocenters. The van der Waals surface area contributed by atoms with Gasteiger partial charge in [-0.15, -0.1) is 0 Å². The molecule has 0 aromatic heterocycles. The second kappa shape index (κ2) is 9.90. The van der Waals surface area contributed by atoms with Gasteiger partial charge in [0.25, 0.3) is 0 Å². The molecule has 1 saturated heterocycles. The summed E-state index contributed by atoms with van der Waals surface area (Å²) in [6, 6.07) is 17.6. The minimum atomic E-state index is -0.122. The highest BCUT2D eigenvalue weighted by atomic mass is 16.5. The van der Waals surface area contributed by atoms with Crippen molar-refractivity contribution in [3.05, 3.63) is 71.8 Å². The molecule has 27 heavy (non-hydrogen) atoms. The lowest BCUT2D eigenvalue weighted by atomic mass is 10.1. The Bertz CT molecular complexity index is 755. The number of benzene rings is 2. The van der Waals surface area contributed by atoms with Gasteiger partial charge in [-0.25, -0.2) is 0 Å². The van der Waals surface area contributed by atoms with Crippen LogP contribution in [0.25, 0.3) is 6.08 Å². The fraction of sp³-hybridized carbons (Fsp3) is 0.318. The zero-order valence-electron chi connectivity index (χ0n) is 15.6. The third-order valence-electron chi connectivity index (χ3n) is 4.62. The Morgan fingerprint density at radius 2 is 1.85 bits per heavy atom. The summed E-state index contributed by atoms with van der Waals surface area (Å²) in [4.78, 5) is 14.9. The van der Waals surface area contributed by atoms with E-state index in [9.17, 15) is 4.79 Å². The van der Waals surface area contributed by atoms with Gasteiger partial charge in [0, 0.05) is 31.3 Å². The van der Waals surface area contributed by atoms with Gasteiger partial charge < -0.3 is 14.8 Å². The number of para-hydroxylation sites is 1. The van der Waals surface area contributed by atoms with Crippen molar-refractivity contribution < 1.29 is 14.3 Å². The first-order chi connectivity index (χ1) is 13.3. The smallest absolute Gasteiger partial charge is 0.244 e. The molecule has 1 N–H and O–H groups in total. The molecule has 5 heteroatoms. The largest absolute Gasteiger partial charge is 0.496 e. The van der Waals surface area contributed by atoms with Crippen LogP contribution in [0.4, 0.5) is 0 Å². The number of hydrogen-bond donors (Lipinski definition) is 1. The van der Waals surface area contributed by atoms with Gasteiger partial charge in [0.1, 0.15) is 5.75 Å². The van der Waals surface area contributed by atoms with Crippen molar-refractivity contribution in [2.75, 3.05) is 40.0 Å². The van der Waals surface area contributed by atoms with Crippen LogP contribution in [-0.2, 0) is 9.53 Å². The van der Waals surface area contributed by atoms with Gasteiger partial charge in [-0.2, -0.15) is 0 Å². The molecule has 0 saturated carbocycles. The maximum absolute atomic E-state index is 12.6. The molecule has 2 aromatic rings. The molecule has 3 rings (SSSR count). The Balaban J connectivity index is 1.69. The van der Waals surface area contributed by atoms with Crippen LogP contribution in [0.15, 0.2) is 60.7 Å². The average Bonchev–Trinajstić information content (AvgIpc) is 2.73. The van der Waals surface area contributed by atoms with Crippen molar-refractivity contribution in [3.8, 4) is 5.75 Å². The van der Waals surface area contributed by atoms with Gasteiger partial charge in [0.05, 0.1) is 26.4 Å². The van der Waals surface area contributed by atoms with Gasteiger partial charge in [-0.05, 0) is 17.7 Å². The highest BCUT2D eigenvalue weighted by molar-refractivity contribution is 5.92. The fourth-order valence-corrected chi connectivity index (χ4v) is 3.15. The second-order valence-electron chi connectivity index (χ2n) is 6.46. The number of carbonyl (C=O) groups is 1. The van der Waals surface area contributed by atoms with Crippen molar-refractivity contribution in [1.29, 1.82) is 0 Å². The summed E-state index contributed by atoms with van der Waals surface area (Å²) in [6.45, 7) is 4.01. The molecule has 1 unspecified atom stereocenters. The molecule has 142 valence electrons. The van der Waals surface area contributed by atoms with E-state index in [-0.39, 0.29) is 11.9 Å². The number of amides is 1. The molecule has 1 heterocycles. The fourth-order valence-electron chi connectivity index (χ4n) is 3.15. The van der Waals surface area contributed by atoms with Crippen molar-refractivity contribution in [2.24, 2.45) is 0 Å². The normalized spacial score (nSPS) is 16.2. The van der Waals surface area contributed by atoms with Crippen LogP contribution >= 0.6 is 0 Å². The molecule has 2 aromatic carbocycles. The minimum absolute atomic E-state index is 0.0703. The number of morpholine rings is 1. The lowest BCUT2D eigenvalue weighted by molar-refractivity contribution is -0.117. The molecule has 1 fully saturated rings. The molecule has 0 spiro atoms. The Hall–Kier alpha value is -2.63. The number of ether oxygens (including phenoxy) is 2. The number of nitrogens with one attached hydrogen (secondary N) is 1. The molecule has 1 aliphatic heterocycles. The topological polar surface area (TPSA) is 50.8 Å². The van der Waals surface area contributed by atoms with E-state index in [0.29, 0.717) is 0 Å². The van der Waals surface area contributed by atoms with Crippen LogP contribution in [0.2, 0.25) is 0 Å². The standard InChI is InChI=1S/C22H26N2O3/c1-26-21-10-6-5-9-19(21)11-12-22(25)23-20(18-7-3-2-4-8-18)17-24-13-15-27-16-14-24/h2-12,20H,13-17H2,1H3,(H,23,25)/b12-11+. The van der Waals surface area contributed by atoms with E-state index >= 15 is 0 Å². The molecule has 0 bridgehead atoms. The van der Waals surface area contributed by atoms with Crippen LogP contribution < -0.4 is 10.1 Å². The Labute approximate surface area is 160 Å². The van der Waals surface area contributed by atoms with E-state index in [1.54, 1.807) is 19.3 Å². The number of carbonyl (C=O) groups excluding carboxylic acids is 1. The summed E-state index contributed by atoms with van der Waals surface area (Å²) >= 11 is 0. The van der Waals surface area contributed by atoms with Gasteiger partial charge in [-0.1, -0.05) is 48.5 Å². The molecular weight excluding hydrogens is 340 g/mol. The average molecular weight is 366 g/mol. The summed E-state index contributed by atoms with van der Waals surface area (Å²) in [6.07, 6.45) is 3.35. The maximum Gasteiger partial charge on any atom is 0.244 e. The van der Waals surface area contributed by atoms with Crippen LogP contribution in [0.1, 0.15) is 17.2 Å². The molecule has 5 nitrogen and oxygen atoms in total. The molecule has 1 amide bonds. The maximum atomic E-state index is 12.6. The Morgan fingerprint density at radius 3 is 2.59 bits per heavy atom. The predicted molar refractivity (Wildman–Crippen MR) is 107 cm³/mol. The van der Waals surface area contributed by atoms with Gasteiger partial charge in [0.2, 0.25) is 5.91 Å². The highest BCUT2D eigenvalue weighted by Gasteiger charge is 2.19. The van der Waals surface area contributed by atoms with Gasteiger partial charge >= 0.3 is 0 Å². The van der Waals surface area contributed by atoms with E-state index < -0.39 is 0 Å². The Morgan fingerprint density at radius 1 is 1.15 bits per heavy atom. The van der Waals surface area contributed by atoms with Crippen molar-refractivity contribution in [3.63, 3.8) is 0 Å². The third kappa shape index (κ3) is 5.67. The van der Waals surface area contributed by atoms with Crippen molar-refractivity contribution in [1.82, 2.24) is 10.2 Å². The van der Waals surface area contributed by atoms with E-state index in [1.807, 2.05) is 42.5 Å². The summed E-state index contributed by atoms with van der Waals surface area (Å²) < 4.78 is 10.8. The number of rotatable bonds is 7. The molecular formula is C22H26N2O3. The van der Waals surface area contributed by atoms with Crippen LogP contribution in [0.3, 0.4) is 0 Å². The zero-order valence-corrected chi connectivity index (χ0v) is 15.6. The third-order valence-corrected chi connectivity index (χ3v) is 4.62. The zero-order chi connectivity index (χ0) is 18.9. The van der Waals surface area contributed by atoms with E-state index in [1.165, 1.54) is 0 Å². The monoisotopic (exact) mass is 366 g/mol. The van der Waals surface area contributed by atoms with Crippen molar-refractivity contribution in [2.45, 2.75) is 6.04 Å². The summed E-state index contributed by atoms with van der Waals surface area (Å²) in [5.41, 5.74) is 1.97. The van der Waals surface area contributed by atoms with Crippen LogP contribution in [0, 0.1) is 0 Å². The van der Waals surface area contributed by atoms with E-state index in [2.05, 4.69) is 22.3 Å². The first kappa shape index (κ1) is 19.1. The summed E-state index contributed by atoms with van der Waals surface area (Å²) in [5, 5.41) is 3.14. The first-order valence-electron chi connectivity index (χ1n) is 9.23. The molecule has 0 radical (unpaired) electrons. The first-order valence-corrected chi connectivity index (χ1v) is 9.23. The minimum Gasteiger partial charge on any atom is -0.496 e. The summed E-state index contributed by atoms with van der Waals surface area (Å²) in [5.74, 6) is 0.623. The SMILES string of the molecule is COc1ccccc1/C=C/C(=O)NC(CN1CCOCC1)c1ccccc1. The molecule has 0 aliphatic carbocycles. The Kier molecular flexibility index (Phi) is 7.02. The lowest BCUT2D eigenvalue weighted by Gasteiger charge is -2.31. The van der Waals surface area contributed by atoms with Crippen molar-refractivity contribution >= 4 is 12.0 Å². The second-order valence-corrected chi connectivity index (χ2v) is 6.46. The van der Waals surface area contributed by atoms with Crippen LogP contribution in [-0.4, -0.2) is 50.8 Å². The number of nitrogens with zero attached hydrogens (tertiary/aromatic N) is 1. The summed E-state index contributed by atoms with van der Waals surface area (Å²) in [7, 11) is 1.63. The quantitative estimate of drug-likeness (QED) is 0.766. The number of hydrogen-bond acceptors (Lipinski definition) is 4. The molecule has 1 aliphatic rings. The number of methoxy groups -OCH3 is 1. The van der Waals surface area contributed by atoms with E-state index in [4.69, 9.17) is 9.47 Å². The van der Waals surface area contributed by atoms with Gasteiger partial charge in [0.15, 0.2) is 0 Å². The highest BCUT2D eigenvalue weighted by Crippen LogP contribution is 2.19. The lowest BCUT2D eigenvalue weighted by Crippen LogP contribution is -2.42. The van der Waals surface area contributed by atoms with Crippen LogP contribution in [0.5, 0.6) is 5.75 Å². The van der Waals surface area contributed by atoms with E-state index in [0.717, 1.165) is 49.7 Å². The van der Waals surface area contributed by atoms with Gasteiger partial charge in [-0.3, -0.25) is 9.69 Å². The predicted octanol–water partition coefficient (Wildman–Crippen LogP) is 2.90.